The molecule has 1 aliphatic rings. The Kier molecular flexibility index (Phi) is 4.33. The molecule has 1 aromatic carbocycles. The van der Waals surface area contributed by atoms with Crippen LogP contribution in [0.1, 0.15) is 54.5 Å². The highest BCUT2D eigenvalue weighted by atomic mass is 32.2. The van der Waals surface area contributed by atoms with Crippen LogP contribution in [0.2, 0.25) is 0 Å². The van der Waals surface area contributed by atoms with E-state index in [1.165, 1.54) is 23.1 Å². The molecular weight excluding hydrogens is 244 g/mol. The third-order valence-corrected chi connectivity index (χ3v) is 4.81. The minimum atomic E-state index is -0.716. The molecule has 0 fully saturated rings. The Morgan fingerprint density at radius 2 is 2.28 bits per heavy atom. The van der Waals surface area contributed by atoms with Crippen LogP contribution < -0.4 is 0 Å². The summed E-state index contributed by atoms with van der Waals surface area (Å²) in [5.74, 6) is 0.0187. The first-order valence-corrected chi connectivity index (χ1v) is 7.59. The van der Waals surface area contributed by atoms with Crippen LogP contribution >= 0.6 is 11.8 Å². The number of rotatable bonds is 4. The average molecular weight is 264 g/mol. The van der Waals surface area contributed by atoms with Crippen molar-refractivity contribution in [1.82, 2.24) is 0 Å². The van der Waals surface area contributed by atoms with Gasteiger partial charge in [0.1, 0.15) is 0 Å². The van der Waals surface area contributed by atoms with Crippen molar-refractivity contribution in [2.75, 3.05) is 5.75 Å². The van der Waals surface area contributed by atoms with Crippen molar-refractivity contribution < 1.29 is 9.90 Å². The number of fused-ring (bicyclic) bond motifs is 1. The molecule has 0 aromatic heterocycles. The first-order valence-electron chi connectivity index (χ1n) is 6.54. The maximum Gasteiger partial charge on any atom is 0.313 e. The molecule has 1 aliphatic carbocycles. The van der Waals surface area contributed by atoms with Gasteiger partial charge in [0.25, 0.3) is 0 Å². The number of hydrogen-bond acceptors (Lipinski definition) is 2. The van der Waals surface area contributed by atoms with E-state index in [0.29, 0.717) is 11.2 Å². The van der Waals surface area contributed by atoms with Gasteiger partial charge in [0, 0.05) is 5.25 Å². The summed E-state index contributed by atoms with van der Waals surface area (Å²) >= 11 is 1.57. The molecule has 18 heavy (non-hydrogen) atoms. The molecule has 0 amide bonds. The van der Waals surface area contributed by atoms with Crippen LogP contribution in [0.4, 0.5) is 0 Å². The number of carbonyl (C=O) groups is 1. The molecule has 1 unspecified atom stereocenters. The SMILES string of the molecule is CC(C)c1ccc2c(c1)C(SCC(=O)O)CCC2. The molecule has 0 saturated carbocycles. The summed E-state index contributed by atoms with van der Waals surface area (Å²) in [6.07, 6.45) is 3.41. The van der Waals surface area contributed by atoms with Crippen LogP contribution in [-0.2, 0) is 11.2 Å². The standard InChI is InChI=1S/C15H20O2S/c1-10(2)12-7-6-11-4-3-5-14(13(11)8-12)18-9-15(16)17/h6-8,10,14H,3-5,9H2,1-2H3,(H,16,17). The lowest BCUT2D eigenvalue weighted by molar-refractivity contribution is -0.133. The number of carboxylic acid groups (broad SMARTS) is 1. The second-order valence-electron chi connectivity index (χ2n) is 5.20. The Labute approximate surface area is 113 Å². The third kappa shape index (κ3) is 3.08. The number of carboxylic acids is 1. The fourth-order valence-corrected chi connectivity index (χ4v) is 3.55. The van der Waals surface area contributed by atoms with E-state index in [1.807, 2.05) is 0 Å². The smallest absolute Gasteiger partial charge is 0.313 e. The van der Waals surface area contributed by atoms with Crippen LogP contribution in [0.3, 0.4) is 0 Å². The minimum Gasteiger partial charge on any atom is -0.481 e. The monoisotopic (exact) mass is 264 g/mol. The van der Waals surface area contributed by atoms with Gasteiger partial charge in [-0.15, -0.1) is 11.8 Å². The Morgan fingerprint density at radius 1 is 1.50 bits per heavy atom. The molecule has 0 radical (unpaired) electrons. The lowest BCUT2D eigenvalue weighted by atomic mass is 9.88. The summed E-state index contributed by atoms with van der Waals surface area (Å²) in [4.78, 5) is 10.7. The molecule has 2 nitrogen and oxygen atoms in total. The Bertz CT molecular complexity index is 440. The number of aliphatic carboxylic acids is 1. The zero-order chi connectivity index (χ0) is 13.1. The van der Waals surface area contributed by atoms with Gasteiger partial charge >= 0.3 is 5.97 Å². The summed E-state index contributed by atoms with van der Waals surface area (Å²) < 4.78 is 0. The maximum atomic E-state index is 10.7. The fourth-order valence-electron chi connectivity index (χ4n) is 2.48. The Hall–Kier alpha value is -0.960. The van der Waals surface area contributed by atoms with E-state index < -0.39 is 5.97 Å². The summed E-state index contributed by atoms with van der Waals surface area (Å²) in [7, 11) is 0. The van der Waals surface area contributed by atoms with Crippen molar-refractivity contribution in [2.45, 2.75) is 44.3 Å². The molecule has 98 valence electrons. The van der Waals surface area contributed by atoms with Crippen molar-refractivity contribution in [2.24, 2.45) is 0 Å². The molecule has 2 rings (SSSR count). The van der Waals surface area contributed by atoms with E-state index >= 15 is 0 Å². The molecule has 3 heteroatoms. The van der Waals surface area contributed by atoms with Crippen molar-refractivity contribution in [3.05, 3.63) is 34.9 Å². The first kappa shape index (κ1) is 13.5. The van der Waals surface area contributed by atoms with Crippen LogP contribution in [0, 0.1) is 0 Å². The van der Waals surface area contributed by atoms with Crippen LogP contribution in [0.5, 0.6) is 0 Å². The highest BCUT2D eigenvalue weighted by Crippen LogP contribution is 2.40. The molecule has 0 spiro atoms. The van der Waals surface area contributed by atoms with Crippen LogP contribution in [-0.4, -0.2) is 16.8 Å². The first-order chi connectivity index (χ1) is 8.58. The van der Waals surface area contributed by atoms with E-state index in [-0.39, 0.29) is 5.75 Å². The van der Waals surface area contributed by atoms with E-state index in [9.17, 15) is 4.79 Å². The van der Waals surface area contributed by atoms with E-state index in [1.54, 1.807) is 11.8 Å². The van der Waals surface area contributed by atoms with Gasteiger partial charge in [0.05, 0.1) is 5.75 Å². The van der Waals surface area contributed by atoms with E-state index in [2.05, 4.69) is 32.0 Å². The molecule has 1 aromatic rings. The van der Waals surface area contributed by atoms with Gasteiger partial charge in [-0.3, -0.25) is 4.79 Å². The molecule has 1 N–H and O–H groups in total. The van der Waals surface area contributed by atoms with Crippen molar-refractivity contribution >= 4 is 17.7 Å². The molecule has 0 heterocycles. The zero-order valence-electron chi connectivity index (χ0n) is 11.0. The highest BCUT2D eigenvalue weighted by molar-refractivity contribution is 8.00. The normalized spacial score (nSPS) is 18.7. The lowest BCUT2D eigenvalue weighted by Gasteiger charge is -2.26. The van der Waals surface area contributed by atoms with Gasteiger partial charge in [-0.1, -0.05) is 32.0 Å². The van der Waals surface area contributed by atoms with Crippen molar-refractivity contribution in [1.29, 1.82) is 0 Å². The summed E-state index contributed by atoms with van der Waals surface area (Å²) in [6.45, 7) is 4.40. The minimum absolute atomic E-state index is 0.204. The number of hydrogen-bond donors (Lipinski definition) is 1. The third-order valence-electron chi connectivity index (χ3n) is 3.50. The second kappa shape index (κ2) is 5.79. The van der Waals surface area contributed by atoms with Crippen LogP contribution in [0.25, 0.3) is 0 Å². The highest BCUT2D eigenvalue weighted by Gasteiger charge is 2.22. The van der Waals surface area contributed by atoms with E-state index in [4.69, 9.17) is 5.11 Å². The van der Waals surface area contributed by atoms with Gasteiger partial charge in [0.15, 0.2) is 0 Å². The number of thioether (sulfide) groups is 1. The van der Waals surface area contributed by atoms with Crippen molar-refractivity contribution in [3.8, 4) is 0 Å². The largest absolute Gasteiger partial charge is 0.481 e. The Balaban J connectivity index is 2.22. The summed E-state index contributed by atoms with van der Waals surface area (Å²) in [6, 6.07) is 6.74. The molecule has 0 aliphatic heterocycles. The fraction of sp³-hybridized carbons (Fsp3) is 0.533. The summed E-state index contributed by atoms with van der Waals surface area (Å²) in [5.41, 5.74) is 4.14. The van der Waals surface area contributed by atoms with Crippen LogP contribution in [0.15, 0.2) is 18.2 Å². The molecule has 1 atom stereocenters. The van der Waals surface area contributed by atoms with Gasteiger partial charge in [-0.2, -0.15) is 0 Å². The predicted molar refractivity (Wildman–Crippen MR) is 76.3 cm³/mol. The predicted octanol–water partition coefficient (Wildman–Crippen LogP) is 4.01. The number of aryl methyl sites for hydroxylation is 1. The van der Waals surface area contributed by atoms with Gasteiger partial charge in [-0.25, -0.2) is 0 Å². The quantitative estimate of drug-likeness (QED) is 0.893. The van der Waals surface area contributed by atoms with E-state index in [0.717, 1.165) is 12.8 Å². The summed E-state index contributed by atoms with van der Waals surface area (Å²) in [5, 5.41) is 9.18. The number of benzene rings is 1. The van der Waals surface area contributed by atoms with Gasteiger partial charge < -0.3 is 5.11 Å². The van der Waals surface area contributed by atoms with Gasteiger partial charge in [-0.05, 0) is 41.9 Å². The topological polar surface area (TPSA) is 37.3 Å². The molecule has 0 bridgehead atoms. The average Bonchev–Trinajstić information content (AvgIpc) is 2.35. The molecular formula is C15H20O2S. The zero-order valence-corrected chi connectivity index (χ0v) is 11.8. The van der Waals surface area contributed by atoms with Gasteiger partial charge in [0.2, 0.25) is 0 Å². The molecule has 0 saturated heterocycles. The lowest BCUT2D eigenvalue weighted by Crippen LogP contribution is -2.10. The second-order valence-corrected chi connectivity index (χ2v) is 6.39. The Morgan fingerprint density at radius 3 is 2.94 bits per heavy atom. The maximum absolute atomic E-state index is 10.7. The van der Waals surface area contributed by atoms with Crippen molar-refractivity contribution in [3.63, 3.8) is 0 Å².